The van der Waals surface area contributed by atoms with Gasteiger partial charge in [0.05, 0.1) is 12.6 Å². The van der Waals surface area contributed by atoms with Crippen LogP contribution >= 0.6 is 0 Å². The van der Waals surface area contributed by atoms with E-state index in [2.05, 4.69) is 10.6 Å². The highest BCUT2D eigenvalue weighted by Gasteiger charge is 2.37. The van der Waals surface area contributed by atoms with Gasteiger partial charge in [-0.15, -0.1) is 0 Å². The summed E-state index contributed by atoms with van der Waals surface area (Å²) in [6, 6.07) is -4.00. The number of unbranched alkanes of at least 4 members (excludes halogenated alkanes) is 1. The first-order valence-electron chi connectivity index (χ1n) is 10.3. The van der Waals surface area contributed by atoms with E-state index in [9.17, 15) is 29.4 Å². The number of aliphatic carboxylic acids is 1. The number of nitrogens with one attached hydrogen (secondary N) is 2. The molecule has 0 saturated carbocycles. The van der Waals surface area contributed by atoms with Crippen LogP contribution in [0.5, 0.6) is 0 Å². The summed E-state index contributed by atoms with van der Waals surface area (Å²) in [5.74, 6) is -3.31. The van der Waals surface area contributed by atoms with Crippen molar-refractivity contribution in [1.29, 1.82) is 0 Å². The molecule has 11 heteroatoms. The van der Waals surface area contributed by atoms with Gasteiger partial charge in [-0.05, 0) is 38.1 Å². The standard InChI is InChI=1S/C19H35N5O6/c1-11(2)15(19(29)30)23-16(26)13(10-25)22-17(27)14-7-5-9-24(14)18(28)12(21)6-3-4-8-20/h11-15,25H,3-10,20-21H2,1-2H3,(H,22,27)(H,23,26)(H,29,30). The number of nitrogens with two attached hydrogens (primary N) is 2. The first-order valence-corrected chi connectivity index (χ1v) is 10.3. The van der Waals surface area contributed by atoms with Crippen LogP contribution in [0.15, 0.2) is 0 Å². The molecule has 1 heterocycles. The van der Waals surface area contributed by atoms with E-state index < -0.39 is 48.6 Å². The molecule has 1 fully saturated rings. The molecule has 4 atom stereocenters. The monoisotopic (exact) mass is 429 g/mol. The van der Waals surface area contributed by atoms with Crippen molar-refractivity contribution < 1.29 is 29.4 Å². The number of hydrogen-bond donors (Lipinski definition) is 6. The van der Waals surface area contributed by atoms with Gasteiger partial charge in [-0.1, -0.05) is 20.3 Å². The Labute approximate surface area is 176 Å². The van der Waals surface area contributed by atoms with E-state index in [1.165, 1.54) is 4.90 Å². The molecule has 0 radical (unpaired) electrons. The van der Waals surface area contributed by atoms with Crippen molar-refractivity contribution >= 4 is 23.7 Å². The number of nitrogens with zero attached hydrogens (tertiary/aromatic N) is 1. The quantitative estimate of drug-likeness (QED) is 0.195. The van der Waals surface area contributed by atoms with Crippen LogP contribution in [0.1, 0.15) is 46.0 Å². The fraction of sp³-hybridized carbons (Fsp3) is 0.789. The lowest BCUT2D eigenvalue weighted by atomic mass is 10.0. The largest absolute Gasteiger partial charge is 0.480 e. The van der Waals surface area contributed by atoms with Crippen molar-refractivity contribution in [3.63, 3.8) is 0 Å². The molecule has 0 aromatic carbocycles. The van der Waals surface area contributed by atoms with Gasteiger partial charge in [-0.2, -0.15) is 0 Å². The van der Waals surface area contributed by atoms with Crippen LogP contribution in [0.2, 0.25) is 0 Å². The normalized spacial score (nSPS) is 19.3. The van der Waals surface area contributed by atoms with Gasteiger partial charge in [0.15, 0.2) is 0 Å². The molecule has 172 valence electrons. The van der Waals surface area contributed by atoms with E-state index in [4.69, 9.17) is 11.5 Å². The molecule has 30 heavy (non-hydrogen) atoms. The Kier molecular flexibility index (Phi) is 10.7. The lowest BCUT2D eigenvalue weighted by molar-refractivity contribution is -0.144. The fourth-order valence-electron chi connectivity index (χ4n) is 3.38. The molecule has 8 N–H and O–H groups in total. The summed E-state index contributed by atoms with van der Waals surface area (Å²) in [5.41, 5.74) is 11.4. The van der Waals surface area contributed by atoms with Crippen LogP contribution in [0.3, 0.4) is 0 Å². The minimum absolute atomic E-state index is 0.333. The SMILES string of the molecule is CC(C)C(NC(=O)C(CO)NC(=O)C1CCCN1C(=O)C(N)CCCCN)C(=O)O. The van der Waals surface area contributed by atoms with Crippen molar-refractivity contribution in [2.75, 3.05) is 19.7 Å². The Bertz CT molecular complexity index is 614. The lowest BCUT2D eigenvalue weighted by Crippen LogP contribution is -2.58. The van der Waals surface area contributed by atoms with Crippen LogP contribution in [0.4, 0.5) is 0 Å². The lowest BCUT2D eigenvalue weighted by Gasteiger charge is -2.28. The maximum atomic E-state index is 12.7. The highest BCUT2D eigenvalue weighted by molar-refractivity contribution is 5.94. The van der Waals surface area contributed by atoms with Gasteiger partial charge in [0, 0.05) is 6.54 Å². The molecule has 0 aromatic rings. The molecule has 1 rings (SSSR count). The molecular weight excluding hydrogens is 394 g/mol. The summed E-state index contributed by atoms with van der Waals surface area (Å²) in [6.07, 6.45) is 2.96. The van der Waals surface area contributed by atoms with Gasteiger partial charge >= 0.3 is 5.97 Å². The zero-order chi connectivity index (χ0) is 22.8. The third-order valence-corrected chi connectivity index (χ3v) is 5.17. The van der Waals surface area contributed by atoms with E-state index in [1.807, 2.05) is 0 Å². The van der Waals surface area contributed by atoms with Crippen LogP contribution in [-0.4, -0.2) is 82.7 Å². The van der Waals surface area contributed by atoms with E-state index in [1.54, 1.807) is 13.8 Å². The summed E-state index contributed by atoms with van der Waals surface area (Å²) >= 11 is 0. The number of carbonyl (C=O) groups excluding carboxylic acids is 3. The summed E-state index contributed by atoms with van der Waals surface area (Å²) < 4.78 is 0. The molecule has 0 spiro atoms. The average Bonchev–Trinajstić information content (AvgIpc) is 3.18. The molecular formula is C19H35N5O6. The van der Waals surface area contributed by atoms with Crippen molar-refractivity contribution in [1.82, 2.24) is 15.5 Å². The molecule has 1 aliphatic heterocycles. The summed E-state index contributed by atoms with van der Waals surface area (Å²) in [5, 5.41) is 23.5. The Morgan fingerprint density at radius 2 is 1.83 bits per heavy atom. The second-order valence-electron chi connectivity index (χ2n) is 7.89. The van der Waals surface area contributed by atoms with Crippen LogP contribution < -0.4 is 22.1 Å². The molecule has 0 bridgehead atoms. The first-order chi connectivity index (χ1) is 14.1. The minimum Gasteiger partial charge on any atom is -0.480 e. The predicted octanol–water partition coefficient (Wildman–Crippen LogP) is -1.86. The Hall–Kier alpha value is -2.24. The molecule has 1 saturated heterocycles. The number of aliphatic hydroxyl groups excluding tert-OH is 1. The van der Waals surface area contributed by atoms with E-state index >= 15 is 0 Å². The number of carbonyl (C=O) groups is 4. The highest BCUT2D eigenvalue weighted by atomic mass is 16.4. The Morgan fingerprint density at radius 1 is 1.17 bits per heavy atom. The van der Waals surface area contributed by atoms with E-state index in [0.29, 0.717) is 38.8 Å². The molecule has 11 nitrogen and oxygen atoms in total. The first kappa shape index (κ1) is 25.8. The minimum atomic E-state index is -1.33. The van der Waals surface area contributed by atoms with Crippen molar-refractivity contribution in [2.45, 2.75) is 70.1 Å². The smallest absolute Gasteiger partial charge is 0.326 e. The van der Waals surface area contributed by atoms with Crippen molar-refractivity contribution in [3.8, 4) is 0 Å². The molecule has 0 aromatic heterocycles. The second kappa shape index (κ2) is 12.5. The third-order valence-electron chi connectivity index (χ3n) is 5.17. The number of carboxylic acids is 1. The fourth-order valence-corrected chi connectivity index (χ4v) is 3.38. The molecule has 4 unspecified atom stereocenters. The third kappa shape index (κ3) is 7.22. The van der Waals surface area contributed by atoms with Gasteiger partial charge in [0.2, 0.25) is 17.7 Å². The Morgan fingerprint density at radius 3 is 2.37 bits per heavy atom. The highest BCUT2D eigenvalue weighted by Crippen LogP contribution is 2.19. The zero-order valence-corrected chi connectivity index (χ0v) is 17.7. The van der Waals surface area contributed by atoms with Gasteiger partial charge in [0.25, 0.3) is 0 Å². The number of carboxylic acid groups (broad SMARTS) is 1. The summed E-state index contributed by atoms with van der Waals surface area (Å²) in [6.45, 7) is 3.45. The zero-order valence-electron chi connectivity index (χ0n) is 17.7. The number of likely N-dealkylation sites (tertiary alicyclic amines) is 1. The maximum absolute atomic E-state index is 12.7. The predicted molar refractivity (Wildman–Crippen MR) is 109 cm³/mol. The molecule has 0 aliphatic carbocycles. The molecule has 3 amide bonds. The second-order valence-corrected chi connectivity index (χ2v) is 7.89. The van der Waals surface area contributed by atoms with E-state index in [0.717, 1.165) is 6.42 Å². The van der Waals surface area contributed by atoms with Crippen molar-refractivity contribution in [2.24, 2.45) is 17.4 Å². The number of rotatable bonds is 12. The number of hydrogen-bond acceptors (Lipinski definition) is 7. The van der Waals surface area contributed by atoms with Crippen LogP contribution in [0, 0.1) is 5.92 Å². The van der Waals surface area contributed by atoms with E-state index in [-0.39, 0.29) is 11.8 Å². The molecule has 1 aliphatic rings. The van der Waals surface area contributed by atoms with Gasteiger partial charge in [-0.3, -0.25) is 14.4 Å². The number of aliphatic hydroxyl groups is 1. The Balaban J connectivity index is 2.74. The maximum Gasteiger partial charge on any atom is 0.326 e. The van der Waals surface area contributed by atoms with Gasteiger partial charge < -0.3 is 37.2 Å². The summed E-state index contributed by atoms with van der Waals surface area (Å²) in [4.78, 5) is 50.4. The van der Waals surface area contributed by atoms with Crippen LogP contribution in [-0.2, 0) is 19.2 Å². The topological polar surface area (TPSA) is 188 Å². The van der Waals surface area contributed by atoms with Crippen molar-refractivity contribution in [3.05, 3.63) is 0 Å². The number of amides is 3. The van der Waals surface area contributed by atoms with Crippen LogP contribution in [0.25, 0.3) is 0 Å². The average molecular weight is 430 g/mol. The van der Waals surface area contributed by atoms with Gasteiger partial charge in [-0.25, -0.2) is 4.79 Å². The van der Waals surface area contributed by atoms with Gasteiger partial charge in [0.1, 0.15) is 18.1 Å². The summed E-state index contributed by atoms with van der Waals surface area (Å²) in [7, 11) is 0.